The summed E-state index contributed by atoms with van der Waals surface area (Å²) in [6.07, 6.45) is 0. The summed E-state index contributed by atoms with van der Waals surface area (Å²) in [4.78, 5) is 20.7. The molecule has 0 aliphatic heterocycles. The summed E-state index contributed by atoms with van der Waals surface area (Å²) in [6.45, 7) is -0.00480. The van der Waals surface area contributed by atoms with Crippen molar-refractivity contribution in [2.75, 3.05) is 20.1 Å². The minimum Gasteiger partial charge on any atom is -0.434 e. The highest BCUT2D eigenvalue weighted by molar-refractivity contribution is 7.11. The highest BCUT2D eigenvalue weighted by atomic mass is 32.1. The fourth-order valence-electron chi connectivity index (χ4n) is 2.22. The van der Waals surface area contributed by atoms with E-state index in [1.165, 1.54) is 17.4 Å². The first-order valence-corrected chi connectivity index (χ1v) is 9.04. The normalized spacial score (nSPS) is 11.4. The highest BCUT2D eigenvalue weighted by Crippen LogP contribution is 2.19. The number of aliphatic imine (C=N–C) groups is 1. The Bertz CT molecular complexity index is 782. The van der Waals surface area contributed by atoms with Gasteiger partial charge in [0.05, 0.1) is 11.2 Å². The van der Waals surface area contributed by atoms with Crippen molar-refractivity contribution in [2.45, 2.75) is 20.1 Å². The zero-order chi connectivity index (χ0) is 19.6. The molecule has 0 atom stereocenters. The third-order valence-corrected chi connectivity index (χ3v) is 4.44. The Morgan fingerprint density at radius 3 is 2.67 bits per heavy atom. The first-order chi connectivity index (χ1) is 13.0. The molecule has 1 heterocycles. The first kappa shape index (κ1) is 20.6. The minimum atomic E-state index is -2.88. The monoisotopic (exact) mass is 397 g/mol. The number of nitrogens with zero attached hydrogens (tertiary/aromatic N) is 2. The number of thiazole rings is 1. The number of ether oxygens (including phenoxy) is 1. The Morgan fingerprint density at radius 1 is 1.26 bits per heavy atom. The maximum atomic E-state index is 12.4. The number of carbonyl (C=O) groups excluding carboxylic acids is 1. The Morgan fingerprint density at radius 2 is 2.00 bits per heavy atom. The van der Waals surface area contributed by atoms with Crippen LogP contribution in [0.3, 0.4) is 0 Å². The number of rotatable bonds is 8. The Labute approximate surface area is 159 Å². The maximum absolute atomic E-state index is 12.4. The fraction of sp³-hybridized carbons (Fsp3) is 0.353. The van der Waals surface area contributed by atoms with E-state index in [9.17, 15) is 13.6 Å². The number of aryl methyl sites for hydroxylation is 1. The molecule has 0 radical (unpaired) electrons. The van der Waals surface area contributed by atoms with Crippen LogP contribution < -0.4 is 20.7 Å². The number of alkyl halides is 2. The number of hydrogen-bond acceptors (Lipinski definition) is 5. The molecule has 0 spiro atoms. The van der Waals surface area contributed by atoms with Crippen molar-refractivity contribution >= 4 is 23.2 Å². The minimum absolute atomic E-state index is 0.114. The first-order valence-electron chi connectivity index (χ1n) is 8.16. The number of halogens is 2. The largest absolute Gasteiger partial charge is 0.434 e. The molecule has 1 amide bonds. The summed E-state index contributed by atoms with van der Waals surface area (Å²) in [5.74, 6) is 0.422. The van der Waals surface area contributed by atoms with Crippen molar-refractivity contribution in [1.29, 1.82) is 0 Å². The van der Waals surface area contributed by atoms with Gasteiger partial charge in [0.15, 0.2) is 5.96 Å². The van der Waals surface area contributed by atoms with E-state index < -0.39 is 6.61 Å². The zero-order valence-electron chi connectivity index (χ0n) is 15.0. The number of hydrogen-bond donors (Lipinski definition) is 3. The lowest BCUT2D eigenvalue weighted by Crippen LogP contribution is -2.41. The van der Waals surface area contributed by atoms with Gasteiger partial charge >= 0.3 is 6.61 Å². The van der Waals surface area contributed by atoms with Crippen molar-refractivity contribution in [3.05, 3.63) is 45.9 Å². The van der Waals surface area contributed by atoms with Crippen LogP contribution in [0.25, 0.3) is 0 Å². The lowest BCUT2D eigenvalue weighted by molar-refractivity contribution is -0.0504. The third kappa shape index (κ3) is 6.48. The average molecular weight is 397 g/mol. The number of amides is 1. The van der Waals surface area contributed by atoms with Gasteiger partial charge in [-0.1, -0.05) is 18.2 Å². The Kier molecular flexibility index (Phi) is 7.93. The number of guanidine groups is 1. The van der Waals surface area contributed by atoms with Crippen molar-refractivity contribution in [2.24, 2.45) is 4.99 Å². The van der Waals surface area contributed by atoms with E-state index in [1.54, 1.807) is 37.7 Å². The molecule has 0 saturated carbocycles. The molecule has 1 aromatic heterocycles. The second-order valence-corrected chi connectivity index (χ2v) is 6.22. The van der Waals surface area contributed by atoms with E-state index in [-0.39, 0.29) is 18.2 Å². The van der Waals surface area contributed by atoms with Crippen LogP contribution in [-0.2, 0) is 6.54 Å². The molecule has 2 rings (SSSR count). The summed E-state index contributed by atoms with van der Waals surface area (Å²) in [7, 11) is 1.59. The van der Waals surface area contributed by atoms with Gasteiger partial charge in [0.1, 0.15) is 10.6 Å². The molecule has 0 aliphatic carbocycles. The third-order valence-electron chi connectivity index (χ3n) is 3.51. The number of nitrogens with one attached hydrogen (secondary N) is 3. The number of para-hydroxylation sites is 1. The molecule has 1 aromatic carbocycles. The summed E-state index contributed by atoms with van der Waals surface area (Å²) in [5, 5.41) is 8.85. The van der Waals surface area contributed by atoms with Gasteiger partial charge in [0, 0.05) is 32.2 Å². The van der Waals surface area contributed by atoms with Gasteiger partial charge in [-0.3, -0.25) is 9.79 Å². The van der Waals surface area contributed by atoms with E-state index in [0.717, 1.165) is 0 Å². The van der Waals surface area contributed by atoms with Crippen LogP contribution in [0.5, 0.6) is 5.75 Å². The fourth-order valence-corrected chi connectivity index (χ4v) is 2.94. The predicted molar refractivity (Wildman–Crippen MR) is 100 cm³/mol. The van der Waals surface area contributed by atoms with Crippen molar-refractivity contribution in [3.8, 4) is 5.75 Å². The van der Waals surface area contributed by atoms with Gasteiger partial charge in [0.25, 0.3) is 5.91 Å². The molecule has 146 valence electrons. The summed E-state index contributed by atoms with van der Waals surface area (Å²) in [5.41, 5.74) is 2.91. The van der Waals surface area contributed by atoms with Crippen LogP contribution in [0.4, 0.5) is 8.78 Å². The lowest BCUT2D eigenvalue weighted by Gasteiger charge is -2.14. The standard InChI is InChI=1S/C17H21F2N5O2S/c1-11-14(27-10-24-11)15(25)21-7-8-22-17(20-2)23-9-12-5-3-4-6-13(12)26-16(18)19/h3-6,10,16H,7-9H2,1-2H3,(H,21,25)(H2,20,22,23). The molecule has 0 bridgehead atoms. The van der Waals surface area contributed by atoms with Crippen LogP contribution in [0.15, 0.2) is 34.8 Å². The topological polar surface area (TPSA) is 87.6 Å². The Hall–Kier alpha value is -2.75. The number of carbonyl (C=O) groups is 1. The van der Waals surface area contributed by atoms with Gasteiger partial charge in [-0.05, 0) is 13.0 Å². The van der Waals surface area contributed by atoms with Crippen LogP contribution in [0.1, 0.15) is 20.9 Å². The van der Waals surface area contributed by atoms with E-state index in [2.05, 4.69) is 30.7 Å². The maximum Gasteiger partial charge on any atom is 0.387 e. The molecule has 27 heavy (non-hydrogen) atoms. The average Bonchev–Trinajstić information content (AvgIpc) is 3.07. The van der Waals surface area contributed by atoms with Gasteiger partial charge < -0.3 is 20.7 Å². The molecular formula is C17H21F2N5O2S. The molecule has 0 aliphatic rings. The van der Waals surface area contributed by atoms with Gasteiger partial charge in [-0.25, -0.2) is 4.98 Å². The molecule has 0 saturated heterocycles. The predicted octanol–water partition coefficient (Wildman–Crippen LogP) is 2.15. The van der Waals surface area contributed by atoms with Crippen LogP contribution >= 0.6 is 11.3 Å². The SMILES string of the molecule is CN=C(NCCNC(=O)c1scnc1C)NCc1ccccc1OC(F)F. The summed E-state index contributed by atoms with van der Waals surface area (Å²) >= 11 is 1.29. The van der Waals surface area contributed by atoms with Crippen LogP contribution in [0, 0.1) is 6.92 Å². The zero-order valence-corrected chi connectivity index (χ0v) is 15.8. The van der Waals surface area contributed by atoms with E-state index in [0.29, 0.717) is 35.2 Å². The number of aromatic nitrogens is 1. The second-order valence-electron chi connectivity index (χ2n) is 5.36. The molecular weight excluding hydrogens is 376 g/mol. The van der Waals surface area contributed by atoms with Gasteiger partial charge in [0.2, 0.25) is 0 Å². The van der Waals surface area contributed by atoms with E-state index in [4.69, 9.17) is 0 Å². The molecule has 10 heteroatoms. The van der Waals surface area contributed by atoms with Gasteiger partial charge in [-0.15, -0.1) is 11.3 Å². The smallest absolute Gasteiger partial charge is 0.387 e. The molecule has 0 unspecified atom stereocenters. The van der Waals surface area contributed by atoms with Crippen LogP contribution in [0.2, 0.25) is 0 Å². The molecule has 2 aromatic rings. The molecule has 7 nitrogen and oxygen atoms in total. The highest BCUT2D eigenvalue weighted by Gasteiger charge is 2.11. The molecule has 0 fully saturated rings. The lowest BCUT2D eigenvalue weighted by atomic mass is 10.2. The van der Waals surface area contributed by atoms with Crippen molar-refractivity contribution in [1.82, 2.24) is 20.9 Å². The second kappa shape index (κ2) is 10.4. The quantitative estimate of drug-likeness (QED) is 0.361. The van der Waals surface area contributed by atoms with E-state index in [1.807, 2.05) is 0 Å². The summed E-state index contributed by atoms with van der Waals surface area (Å²) < 4.78 is 29.4. The van der Waals surface area contributed by atoms with Gasteiger partial charge in [-0.2, -0.15) is 8.78 Å². The number of benzene rings is 1. The Balaban J connectivity index is 1.77. The van der Waals surface area contributed by atoms with Crippen molar-refractivity contribution < 1.29 is 18.3 Å². The van der Waals surface area contributed by atoms with Crippen molar-refractivity contribution in [3.63, 3.8) is 0 Å². The molecule has 3 N–H and O–H groups in total. The summed E-state index contributed by atoms with van der Waals surface area (Å²) in [6, 6.07) is 6.54. The van der Waals surface area contributed by atoms with Crippen LogP contribution in [-0.4, -0.2) is 43.6 Å². The van der Waals surface area contributed by atoms with E-state index >= 15 is 0 Å².